The molecule has 39 heavy (non-hydrogen) atoms. The van der Waals surface area contributed by atoms with Gasteiger partial charge in [0, 0.05) is 50.0 Å². The Bertz CT molecular complexity index is 1490. The van der Waals surface area contributed by atoms with Crippen LogP contribution in [-0.2, 0) is 16.4 Å². The van der Waals surface area contributed by atoms with Crippen LogP contribution in [0.5, 0.6) is 0 Å². The summed E-state index contributed by atoms with van der Waals surface area (Å²) < 4.78 is 8.34. The maximum Gasteiger partial charge on any atom is 0.272 e. The lowest BCUT2D eigenvalue weighted by molar-refractivity contribution is 0.0743. The summed E-state index contributed by atoms with van der Waals surface area (Å²) in [5.74, 6) is 0.815. The third-order valence-electron chi connectivity index (χ3n) is 8.31. The summed E-state index contributed by atoms with van der Waals surface area (Å²) in [4.78, 5) is 23.2. The van der Waals surface area contributed by atoms with E-state index in [1.807, 2.05) is 12.1 Å². The third-order valence-corrected chi connectivity index (χ3v) is 12.8. The predicted molar refractivity (Wildman–Crippen MR) is 154 cm³/mol. The van der Waals surface area contributed by atoms with Crippen molar-refractivity contribution in [1.82, 2.24) is 24.6 Å². The maximum atomic E-state index is 12.4. The standard InChI is InChI=1S/C28H36N8O2Si/c1-27(2,3)39(6,7)38-17-28(4)16-31-24-19(15-29)12-18(13-20(24)28)21-8-9-30-26(32-21)33-23-14-22-25(37)35(5)10-11-36(22)34-23/h8-9,12-14,31H,10-11,16-17H2,1-7H3,(H,30,32,33,34)/t28-/m1/s1. The van der Waals surface area contributed by atoms with Crippen LogP contribution >= 0.6 is 0 Å². The van der Waals surface area contributed by atoms with Gasteiger partial charge in [0.05, 0.1) is 23.5 Å². The van der Waals surface area contributed by atoms with E-state index in [9.17, 15) is 10.1 Å². The van der Waals surface area contributed by atoms with Crippen LogP contribution < -0.4 is 10.6 Å². The molecule has 11 heteroatoms. The lowest BCUT2D eigenvalue weighted by Crippen LogP contribution is -2.45. The molecule has 5 rings (SSSR count). The number of anilines is 3. The number of fused-ring (bicyclic) bond motifs is 2. The van der Waals surface area contributed by atoms with Crippen LogP contribution in [0.15, 0.2) is 30.5 Å². The fourth-order valence-electron chi connectivity index (χ4n) is 4.66. The van der Waals surface area contributed by atoms with Crippen molar-refractivity contribution in [3.05, 3.63) is 47.3 Å². The first-order valence-electron chi connectivity index (χ1n) is 13.2. The van der Waals surface area contributed by atoms with Crippen LogP contribution in [0, 0.1) is 11.3 Å². The molecule has 0 bridgehead atoms. The highest BCUT2D eigenvalue weighted by molar-refractivity contribution is 6.74. The monoisotopic (exact) mass is 544 g/mol. The van der Waals surface area contributed by atoms with Gasteiger partial charge in [-0.1, -0.05) is 27.7 Å². The van der Waals surface area contributed by atoms with E-state index in [0.29, 0.717) is 55.0 Å². The number of hydrogen-bond acceptors (Lipinski definition) is 8. The summed E-state index contributed by atoms with van der Waals surface area (Å²) in [6.45, 7) is 16.0. The van der Waals surface area contributed by atoms with E-state index in [4.69, 9.17) is 9.41 Å². The number of rotatable bonds is 6. The topological polar surface area (TPSA) is 121 Å². The Labute approximate surface area is 230 Å². The summed E-state index contributed by atoms with van der Waals surface area (Å²) in [6, 6.07) is 9.88. The highest BCUT2D eigenvalue weighted by Gasteiger charge is 2.42. The van der Waals surface area contributed by atoms with E-state index in [1.165, 1.54) is 0 Å². The Kier molecular flexibility index (Phi) is 6.51. The molecule has 0 unspecified atom stereocenters. The van der Waals surface area contributed by atoms with E-state index in [0.717, 1.165) is 16.8 Å². The molecule has 0 saturated carbocycles. The van der Waals surface area contributed by atoms with Crippen molar-refractivity contribution in [3.63, 3.8) is 0 Å². The molecule has 0 saturated heterocycles. The van der Waals surface area contributed by atoms with Crippen LogP contribution in [0.25, 0.3) is 11.3 Å². The average molecular weight is 545 g/mol. The van der Waals surface area contributed by atoms with Gasteiger partial charge in [-0.05, 0) is 41.9 Å². The van der Waals surface area contributed by atoms with Crippen molar-refractivity contribution >= 4 is 31.7 Å². The van der Waals surface area contributed by atoms with Gasteiger partial charge >= 0.3 is 0 Å². The molecular weight excluding hydrogens is 508 g/mol. The van der Waals surface area contributed by atoms with Crippen LogP contribution in [-0.4, -0.2) is 65.6 Å². The highest BCUT2D eigenvalue weighted by Crippen LogP contribution is 2.44. The summed E-state index contributed by atoms with van der Waals surface area (Å²) >= 11 is 0. The van der Waals surface area contributed by atoms with Gasteiger partial charge in [0.15, 0.2) is 14.1 Å². The molecule has 0 spiro atoms. The van der Waals surface area contributed by atoms with Crippen molar-refractivity contribution in [3.8, 4) is 17.3 Å². The van der Waals surface area contributed by atoms with Crippen LogP contribution in [0.2, 0.25) is 18.1 Å². The predicted octanol–water partition coefficient (Wildman–Crippen LogP) is 4.75. The first kappa shape index (κ1) is 26.8. The average Bonchev–Trinajstić information content (AvgIpc) is 3.45. The van der Waals surface area contributed by atoms with Crippen molar-refractivity contribution in [2.75, 3.05) is 37.4 Å². The molecule has 10 nitrogen and oxygen atoms in total. The van der Waals surface area contributed by atoms with Gasteiger partial charge in [-0.15, -0.1) is 0 Å². The number of nitrogens with zero attached hydrogens (tertiary/aromatic N) is 6. The normalized spacial score (nSPS) is 18.8. The second kappa shape index (κ2) is 9.46. The van der Waals surface area contributed by atoms with Gasteiger partial charge in [-0.2, -0.15) is 10.4 Å². The van der Waals surface area contributed by atoms with Crippen molar-refractivity contribution in [2.45, 2.75) is 57.8 Å². The van der Waals surface area contributed by atoms with Crippen molar-refractivity contribution in [1.29, 1.82) is 5.26 Å². The van der Waals surface area contributed by atoms with E-state index in [-0.39, 0.29) is 16.4 Å². The summed E-state index contributed by atoms with van der Waals surface area (Å²) in [7, 11) is -0.168. The van der Waals surface area contributed by atoms with Gasteiger partial charge in [-0.3, -0.25) is 9.48 Å². The summed E-state index contributed by atoms with van der Waals surface area (Å²) in [5, 5.41) is 21.2. The first-order chi connectivity index (χ1) is 18.3. The molecule has 1 aromatic carbocycles. The van der Waals surface area contributed by atoms with Crippen molar-refractivity contribution < 1.29 is 9.22 Å². The molecule has 1 amide bonds. The SMILES string of the molecule is CN1CCn2nc(Nc3nccc(-c4cc(C#N)c5c(c4)[C@@](C)(CO[Si](C)(C)C(C)(C)C)CN5)n3)cc2C1=O. The zero-order chi connectivity index (χ0) is 28.2. The molecule has 204 valence electrons. The maximum absolute atomic E-state index is 12.4. The van der Waals surface area contributed by atoms with Crippen LogP contribution in [0.3, 0.4) is 0 Å². The van der Waals surface area contributed by atoms with Gasteiger partial charge in [-0.25, -0.2) is 9.97 Å². The summed E-state index contributed by atoms with van der Waals surface area (Å²) in [6.07, 6.45) is 1.68. The number of likely N-dealkylation sites (N-methyl/N-ethyl adjacent to an activating group) is 1. The number of benzene rings is 1. The fraction of sp³-hybridized carbons (Fsp3) is 0.464. The van der Waals surface area contributed by atoms with Crippen molar-refractivity contribution in [2.24, 2.45) is 0 Å². The Hall–Kier alpha value is -3.75. The van der Waals surface area contributed by atoms with Crippen LogP contribution in [0.1, 0.15) is 49.3 Å². The third kappa shape index (κ3) is 4.90. The smallest absolute Gasteiger partial charge is 0.272 e. The Morgan fingerprint density at radius 3 is 2.74 bits per heavy atom. The van der Waals surface area contributed by atoms with E-state index in [1.54, 1.807) is 28.9 Å². The minimum absolute atomic E-state index is 0.0622. The lowest BCUT2D eigenvalue weighted by atomic mass is 9.83. The molecule has 1 atom stereocenters. The second-order valence-corrected chi connectivity index (χ2v) is 17.1. The van der Waals surface area contributed by atoms with Crippen LogP contribution in [0.4, 0.5) is 17.5 Å². The van der Waals surface area contributed by atoms with Gasteiger partial charge in [0.25, 0.3) is 5.91 Å². The zero-order valence-electron chi connectivity index (χ0n) is 23.7. The molecule has 4 heterocycles. The van der Waals surface area contributed by atoms with E-state index in [2.05, 4.69) is 73.6 Å². The fourth-order valence-corrected chi connectivity index (χ4v) is 5.78. The molecule has 2 N–H and O–H groups in total. The highest BCUT2D eigenvalue weighted by atomic mass is 28.4. The minimum Gasteiger partial charge on any atom is -0.416 e. The zero-order valence-corrected chi connectivity index (χ0v) is 24.7. The Balaban J connectivity index is 1.44. The number of carbonyl (C=O) groups is 1. The van der Waals surface area contributed by atoms with Gasteiger partial charge < -0.3 is 20.0 Å². The summed E-state index contributed by atoms with van der Waals surface area (Å²) in [5.41, 5.74) is 4.28. The molecule has 2 aliphatic heterocycles. The molecular formula is C28H36N8O2Si. The quantitative estimate of drug-likeness (QED) is 0.427. The number of nitriles is 1. The number of nitrogens with one attached hydrogen (secondary N) is 2. The molecule has 0 aliphatic carbocycles. The van der Waals surface area contributed by atoms with Gasteiger partial charge in [0.2, 0.25) is 5.95 Å². The molecule has 0 radical (unpaired) electrons. The molecule has 2 aromatic heterocycles. The molecule has 3 aromatic rings. The lowest BCUT2D eigenvalue weighted by Gasteiger charge is -2.39. The molecule has 2 aliphatic rings. The van der Waals surface area contributed by atoms with Gasteiger partial charge in [0.1, 0.15) is 11.8 Å². The largest absolute Gasteiger partial charge is 0.416 e. The number of amides is 1. The number of aromatic nitrogens is 4. The molecule has 0 fully saturated rings. The number of hydrogen-bond donors (Lipinski definition) is 2. The van der Waals surface area contributed by atoms with E-state index < -0.39 is 8.32 Å². The first-order valence-corrected chi connectivity index (χ1v) is 16.1. The second-order valence-electron chi connectivity index (χ2n) is 12.3. The minimum atomic E-state index is -1.95. The number of carbonyl (C=O) groups excluding carboxylic acids is 1. The van der Waals surface area contributed by atoms with E-state index >= 15 is 0 Å². The Morgan fingerprint density at radius 2 is 2.03 bits per heavy atom. The Morgan fingerprint density at radius 1 is 1.26 bits per heavy atom.